The molecular formula is C20H19N3O3. The van der Waals surface area contributed by atoms with E-state index >= 15 is 0 Å². The summed E-state index contributed by atoms with van der Waals surface area (Å²) in [5.74, 6) is 0.838. The zero-order chi connectivity index (χ0) is 18.1. The lowest BCUT2D eigenvalue weighted by molar-refractivity contribution is 0.0697. The van der Waals surface area contributed by atoms with E-state index in [0.29, 0.717) is 6.42 Å². The van der Waals surface area contributed by atoms with Crippen LogP contribution in [0.1, 0.15) is 27.2 Å². The van der Waals surface area contributed by atoms with E-state index in [9.17, 15) is 9.90 Å². The molecule has 2 aromatic carbocycles. The highest BCUT2D eigenvalue weighted by atomic mass is 16.5. The van der Waals surface area contributed by atoms with Gasteiger partial charge in [0.2, 0.25) is 0 Å². The van der Waals surface area contributed by atoms with Gasteiger partial charge in [0.05, 0.1) is 24.1 Å². The average molecular weight is 349 g/mol. The van der Waals surface area contributed by atoms with Crippen LogP contribution in [0.3, 0.4) is 0 Å². The van der Waals surface area contributed by atoms with Crippen LogP contribution in [0.2, 0.25) is 0 Å². The number of anilines is 1. The van der Waals surface area contributed by atoms with E-state index < -0.39 is 5.97 Å². The van der Waals surface area contributed by atoms with Gasteiger partial charge in [-0.15, -0.1) is 0 Å². The van der Waals surface area contributed by atoms with E-state index in [-0.39, 0.29) is 5.56 Å². The third-order valence-electron chi connectivity index (χ3n) is 4.62. The Balaban J connectivity index is 1.76. The number of aromatic nitrogens is 2. The van der Waals surface area contributed by atoms with Crippen molar-refractivity contribution < 1.29 is 14.6 Å². The van der Waals surface area contributed by atoms with Gasteiger partial charge in [-0.2, -0.15) is 5.10 Å². The van der Waals surface area contributed by atoms with Gasteiger partial charge in [0.25, 0.3) is 0 Å². The number of para-hydroxylation sites is 1. The van der Waals surface area contributed by atoms with Gasteiger partial charge in [-0.1, -0.05) is 24.3 Å². The number of fused-ring (bicyclic) bond motifs is 1. The zero-order valence-electron chi connectivity index (χ0n) is 14.4. The first-order valence-electron chi connectivity index (χ1n) is 8.47. The molecule has 0 bridgehead atoms. The Labute approximate surface area is 151 Å². The molecular weight excluding hydrogens is 330 g/mol. The van der Waals surface area contributed by atoms with Crippen molar-refractivity contribution >= 4 is 11.8 Å². The summed E-state index contributed by atoms with van der Waals surface area (Å²) in [6, 6.07) is 14.8. The highest BCUT2D eigenvalue weighted by molar-refractivity contribution is 5.88. The molecule has 2 N–H and O–H groups in total. The quantitative estimate of drug-likeness (QED) is 0.740. The lowest BCUT2D eigenvalue weighted by Crippen LogP contribution is -2.06. The molecule has 0 fully saturated rings. The number of rotatable bonds is 5. The predicted molar refractivity (Wildman–Crippen MR) is 98.5 cm³/mol. The number of benzene rings is 2. The van der Waals surface area contributed by atoms with Crippen LogP contribution >= 0.6 is 0 Å². The summed E-state index contributed by atoms with van der Waals surface area (Å²) in [6.07, 6.45) is 1.57. The highest BCUT2D eigenvalue weighted by Gasteiger charge is 2.24. The third-order valence-corrected chi connectivity index (χ3v) is 4.62. The standard InChI is InChI=1S/C20H19N3O3/c1-26-18-8-3-2-5-13(18)12-17-16-9-10-21-19(16)23(22-17)15-7-4-6-14(11-15)20(24)25/h2-8,11,21H,9-10,12H2,1H3,(H,24,25). The van der Waals surface area contributed by atoms with Crippen LogP contribution in [0.15, 0.2) is 48.5 Å². The molecule has 1 aromatic heterocycles. The number of nitrogens with one attached hydrogen (secondary N) is 1. The first kappa shape index (κ1) is 16.2. The summed E-state index contributed by atoms with van der Waals surface area (Å²) in [6.45, 7) is 0.852. The number of hydrogen-bond donors (Lipinski definition) is 2. The molecule has 6 heteroatoms. The van der Waals surface area contributed by atoms with Gasteiger partial charge in [-0.05, 0) is 30.7 Å². The maximum atomic E-state index is 11.3. The second-order valence-electron chi connectivity index (χ2n) is 6.21. The SMILES string of the molecule is COc1ccccc1Cc1nn(-c2cccc(C(=O)O)c2)c2c1CCN2. The molecule has 0 saturated carbocycles. The van der Waals surface area contributed by atoms with Gasteiger partial charge in [-0.3, -0.25) is 0 Å². The fourth-order valence-corrected chi connectivity index (χ4v) is 3.37. The van der Waals surface area contributed by atoms with Crippen molar-refractivity contribution in [1.82, 2.24) is 9.78 Å². The molecule has 3 aromatic rings. The van der Waals surface area contributed by atoms with Gasteiger partial charge in [-0.25, -0.2) is 9.48 Å². The Bertz CT molecular complexity index is 978. The van der Waals surface area contributed by atoms with Crippen molar-refractivity contribution in [2.75, 3.05) is 19.0 Å². The molecule has 1 aliphatic rings. The number of carboxylic acids is 1. The minimum atomic E-state index is -0.946. The molecule has 0 saturated heterocycles. The van der Waals surface area contributed by atoms with E-state index in [1.54, 1.807) is 30.0 Å². The highest BCUT2D eigenvalue weighted by Crippen LogP contribution is 2.31. The lowest BCUT2D eigenvalue weighted by atomic mass is 10.0. The Morgan fingerprint density at radius 2 is 2.12 bits per heavy atom. The summed E-state index contributed by atoms with van der Waals surface area (Å²) < 4.78 is 7.26. The topological polar surface area (TPSA) is 76.4 Å². The van der Waals surface area contributed by atoms with Crippen LogP contribution < -0.4 is 10.1 Å². The van der Waals surface area contributed by atoms with Gasteiger partial charge >= 0.3 is 5.97 Å². The van der Waals surface area contributed by atoms with Gasteiger partial charge in [0.1, 0.15) is 11.6 Å². The number of carboxylic acid groups (broad SMARTS) is 1. The van der Waals surface area contributed by atoms with E-state index in [1.807, 2.05) is 30.3 Å². The van der Waals surface area contributed by atoms with E-state index in [2.05, 4.69) is 5.32 Å². The summed E-state index contributed by atoms with van der Waals surface area (Å²) in [7, 11) is 1.67. The molecule has 6 nitrogen and oxygen atoms in total. The molecule has 4 rings (SSSR count). The number of aromatic carboxylic acids is 1. The number of methoxy groups -OCH3 is 1. The molecule has 26 heavy (non-hydrogen) atoms. The smallest absolute Gasteiger partial charge is 0.335 e. The van der Waals surface area contributed by atoms with Crippen LogP contribution in [-0.4, -0.2) is 34.5 Å². The van der Waals surface area contributed by atoms with E-state index in [1.165, 1.54) is 5.56 Å². The fourth-order valence-electron chi connectivity index (χ4n) is 3.37. The van der Waals surface area contributed by atoms with Gasteiger partial charge < -0.3 is 15.2 Å². The van der Waals surface area contributed by atoms with Crippen molar-refractivity contribution in [2.45, 2.75) is 12.8 Å². The first-order chi connectivity index (χ1) is 12.7. The predicted octanol–water partition coefficient (Wildman–Crippen LogP) is 3.14. The first-order valence-corrected chi connectivity index (χ1v) is 8.47. The number of carbonyl (C=O) groups is 1. The maximum absolute atomic E-state index is 11.3. The molecule has 0 atom stereocenters. The van der Waals surface area contributed by atoms with E-state index in [0.717, 1.165) is 41.5 Å². The summed E-state index contributed by atoms with van der Waals surface area (Å²) in [5.41, 5.74) is 4.22. The van der Waals surface area contributed by atoms with Crippen LogP contribution in [0.25, 0.3) is 5.69 Å². The summed E-state index contributed by atoms with van der Waals surface area (Å²) in [4.78, 5) is 11.3. The number of nitrogens with zero attached hydrogens (tertiary/aromatic N) is 2. The Hall–Kier alpha value is -3.28. The van der Waals surface area contributed by atoms with Crippen molar-refractivity contribution in [3.05, 3.63) is 70.9 Å². The van der Waals surface area contributed by atoms with Crippen molar-refractivity contribution in [3.8, 4) is 11.4 Å². The molecule has 0 amide bonds. The molecule has 1 aliphatic heterocycles. The fraction of sp³-hybridized carbons (Fsp3) is 0.200. The summed E-state index contributed by atoms with van der Waals surface area (Å²) in [5, 5.41) is 17.4. The molecule has 2 heterocycles. The van der Waals surface area contributed by atoms with Crippen LogP contribution in [0, 0.1) is 0 Å². The van der Waals surface area contributed by atoms with Crippen molar-refractivity contribution in [1.29, 1.82) is 0 Å². The minimum absolute atomic E-state index is 0.246. The summed E-state index contributed by atoms with van der Waals surface area (Å²) >= 11 is 0. The second-order valence-corrected chi connectivity index (χ2v) is 6.21. The van der Waals surface area contributed by atoms with Crippen LogP contribution in [0.5, 0.6) is 5.75 Å². The Morgan fingerprint density at radius 3 is 2.92 bits per heavy atom. The zero-order valence-corrected chi connectivity index (χ0v) is 14.4. The van der Waals surface area contributed by atoms with Gasteiger partial charge in [0, 0.05) is 24.1 Å². The number of ether oxygens (including phenoxy) is 1. The van der Waals surface area contributed by atoms with Crippen LogP contribution in [0.4, 0.5) is 5.82 Å². The monoisotopic (exact) mass is 349 g/mol. The molecule has 0 aliphatic carbocycles. The molecule has 0 radical (unpaired) electrons. The van der Waals surface area contributed by atoms with Crippen molar-refractivity contribution in [2.24, 2.45) is 0 Å². The minimum Gasteiger partial charge on any atom is -0.496 e. The average Bonchev–Trinajstić information content (AvgIpc) is 3.26. The molecule has 0 unspecified atom stereocenters. The Kier molecular flexibility index (Phi) is 4.08. The number of hydrogen-bond acceptors (Lipinski definition) is 4. The van der Waals surface area contributed by atoms with Gasteiger partial charge in [0.15, 0.2) is 0 Å². The maximum Gasteiger partial charge on any atom is 0.335 e. The van der Waals surface area contributed by atoms with Crippen molar-refractivity contribution in [3.63, 3.8) is 0 Å². The normalized spacial score (nSPS) is 12.5. The second kappa shape index (κ2) is 6.55. The lowest BCUT2D eigenvalue weighted by Gasteiger charge is -2.08. The third kappa shape index (κ3) is 2.79. The van der Waals surface area contributed by atoms with E-state index in [4.69, 9.17) is 9.84 Å². The Morgan fingerprint density at radius 1 is 1.27 bits per heavy atom. The molecule has 132 valence electrons. The van der Waals surface area contributed by atoms with Crippen LogP contribution in [-0.2, 0) is 12.8 Å². The largest absolute Gasteiger partial charge is 0.496 e. The molecule has 0 spiro atoms.